The first-order valence-electron chi connectivity index (χ1n) is 9.08. The molecule has 0 aliphatic carbocycles. The number of halogens is 1. The average molecular weight is 368 g/mol. The molecule has 1 aromatic rings. The lowest BCUT2D eigenvalue weighted by Gasteiger charge is -2.37. The summed E-state index contributed by atoms with van der Waals surface area (Å²) in [4.78, 5) is 17.0. The van der Waals surface area contributed by atoms with Crippen molar-refractivity contribution in [3.63, 3.8) is 0 Å². The number of ether oxygens (including phenoxy) is 1. The van der Waals surface area contributed by atoms with Gasteiger partial charge in [0.2, 0.25) is 5.91 Å². The fourth-order valence-corrected chi connectivity index (χ4v) is 3.95. The maximum absolute atomic E-state index is 12.5. The number of methoxy groups -OCH3 is 1. The van der Waals surface area contributed by atoms with Gasteiger partial charge in [-0.25, -0.2) is 0 Å². The van der Waals surface area contributed by atoms with Crippen LogP contribution in [-0.2, 0) is 4.79 Å². The zero-order valence-electron chi connectivity index (χ0n) is 15.2. The van der Waals surface area contributed by atoms with Crippen molar-refractivity contribution in [1.29, 1.82) is 0 Å². The highest BCUT2D eigenvalue weighted by molar-refractivity contribution is 5.85. The molecule has 0 radical (unpaired) electrons. The van der Waals surface area contributed by atoms with Crippen molar-refractivity contribution >= 4 is 18.3 Å². The van der Waals surface area contributed by atoms with Crippen molar-refractivity contribution in [2.75, 3.05) is 39.8 Å². The Morgan fingerprint density at radius 1 is 1.32 bits per heavy atom. The van der Waals surface area contributed by atoms with Gasteiger partial charge in [-0.3, -0.25) is 9.69 Å². The first kappa shape index (κ1) is 20.0. The number of carbonyl (C=O) groups is 1. The van der Waals surface area contributed by atoms with Crippen LogP contribution in [0.5, 0.6) is 5.75 Å². The summed E-state index contributed by atoms with van der Waals surface area (Å²) in [6.07, 6.45) is 2.89. The van der Waals surface area contributed by atoms with Crippen molar-refractivity contribution in [2.24, 2.45) is 0 Å². The SMILES string of the molecule is COc1ccccc1C1CNCCN1CCC(=O)N1CCCC1C.Cl. The van der Waals surface area contributed by atoms with Gasteiger partial charge in [0, 0.05) is 50.7 Å². The van der Waals surface area contributed by atoms with E-state index in [-0.39, 0.29) is 18.4 Å². The minimum atomic E-state index is 0. The van der Waals surface area contributed by atoms with Gasteiger partial charge in [0.15, 0.2) is 0 Å². The standard InChI is InChI=1S/C19H29N3O2.ClH/c1-15-6-5-11-22(15)19(23)9-12-21-13-10-20-14-17(21)16-7-3-4-8-18(16)24-2;/h3-4,7-8,15,17,20H,5-6,9-14H2,1-2H3;1H. The van der Waals surface area contributed by atoms with Crippen molar-refractivity contribution in [2.45, 2.75) is 38.3 Å². The smallest absolute Gasteiger partial charge is 0.224 e. The van der Waals surface area contributed by atoms with Crippen LogP contribution >= 0.6 is 12.4 Å². The average Bonchev–Trinajstić information content (AvgIpc) is 3.06. The van der Waals surface area contributed by atoms with Gasteiger partial charge >= 0.3 is 0 Å². The molecule has 25 heavy (non-hydrogen) atoms. The maximum Gasteiger partial charge on any atom is 0.224 e. The van der Waals surface area contributed by atoms with Gasteiger partial charge in [0.05, 0.1) is 13.2 Å². The Hall–Kier alpha value is -1.30. The number of nitrogens with one attached hydrogen (secondary N) is 1. The van der Waals surface area contributed by atoms with E-state index in [4.69, 9.17) is 4.74 Å². The predicted octanol–water partition coefficient (Wildman–Crippen LogP) is 2.46. The fourth-order valence-electron chi connectivity index (χ4n) is 3.95. The van der Waals surface area contributed by atoms with Gasteiger partial charge in [-0.1, -0.05) is 18.2 Å². The topological polar surface area (TPSA) is 44.8 Å². The second-order valence-corrected chi connectivity index (χ2v) is 6.83. The number of amides is 1. The number of benzene rings is 1. The molecule has 2 atom stereocenters. The van der Waals surface area contributed by atoms with Gasteiger partial charge < -0.3 is 15.0 Å². The zero-order valence-corrected chi connectivity index (χ0v) is 16.1. The minimum Gasteiger partial charge on any atom is -0.496 e. The Bertz CT molecular complexity index is 569. The summed E-state index contributed by atoms with van der Waals surface area (Å²) in [6, 6.07) is 8.87. The molecular weight excluding hydrogens is 338 g/mol. The molecule has 5 nitrogen and oxygen atoms in total. The van der Waals surface area contributed by atoms with E-state index in [1.165, 1.54) is 5.56 Å². The van der Waals surface area contributed by atoms with Crippen molar-refractivity contribution in [1.82, 2.24) is 15.1 Å². The minimum absolute atomic E-state index is 0. The van der Waals surface area contributed by atoms with Crippen molar-refractivity contribution < 1.29 is 9.53 Å². The molecule has 0 bridgehead atoms. The molecule has 6 heteroatoms. The number of piperazine rings is 1. The monoisotopic (exact) mass is 367 g/mol. The van der Waals surface area contributed by atoms with Gasteiger partial charge in [-0.2, -0.15) is 0 Å². The van der Waals surface area contributed by atoms with E-state index in [0.29, 0.717) is 18.4 Å². The van der Waals surface area contributed by atoms with Crippen LogP contribution in [0, 0.1) is 0 Å². The molecule has 1 amide bonds. The summed E-state index contributed by atoms with van der Waals surface area (Å²) in [7, 11) is 1.72. The van der Waals surface area contributed by atoms with E-state index in [1.54, 1.807) is 7.11 Å². The number of nitrogens with zero attached hydrogens (tertiary/aromatic N) is 2. The van der Waals surface area contributed by atoms with E-state index < -0.39 is 0 Å². The first-order valence-corrected chi connectivity index (χ1v) is 9.08. The Morgan fingerprint density at radius 2 is 2.12 bits per heavy atom. The summed E-state index contributed by atoms with van der Waals surface area (Å²) in [5.74, 6) is 1.23. The fraction of sp³-hybridized carbons (Fsp3) is 0.632. The molecule has 0 spiro atoms. The number of hydrogen-bond donors (Lipinski definition) is 1. The second kappa shape index (κ2) is 9.41. The van der Waals surface area contributed by atoms with Crippen molar-refractivity contribution in [3.8, 4) is 5.75 Å². The Balaban J connectivity index is 0.00000225. The number of rotatable bonds is 5. The molecule has 2 saturated heterocycles. The van der Waals surface area contributed by atoms with Gasteiger partial charge in [0.25, 0.3) is 0 Å². The molecule has 3 rings (SSSR count). The number of likely N-dealkylation sites (tertiary alicyclic amines) is 1. The summed E-state index contributed by atoms with van der Waals surface area (Å²) in [5, 5.41) is 3.47. The predicted molar refractivity (Wildman–Crippen MR) is 102 cm³/mol. The third kappa shape index (κ3) is 4.66. The highest BCUT2D eigenvalue weighted by atomic mass is 35.5. The molecular formula is C19H30ClN3O2. The van der Waals surface area contributed by atoms with Crippen LogP contribution in [0.4, 0.5) is 0 Å². The normalized spacial score (nSPS) is 24.0. The van der Waals surface area contributed by atoms with Crippen LogP contribution in [0.1, 0.15) is 37.8 Å². The van der Waals surface area contributed by atoms with E-state index in [9.17, 15) is 4.79 Å². The number of carbonyl (C=O) groups excluding carboxylic acids is 1. The van der Waals surface area contributed by atoms with Gasteiger partial charge in [0.1, 0.15) is 5.75 Å². The van der Waals surface area contributed by atoms with Crippen LogP contribution in [0.2, 0.25) is 0 Å². The lowest BCUT2D eigenvalue weighted by atomic mass is 10.0. The Labute approximate surface area is 157 Å². The molecule has 1 aromatic carbocycles. The van der Waals surface area contributed by atoms with E-state index in [1.807, 2.05) is 12.1 Å². The van der Waals surface area contributed by atoms with Gasteiger partial charge in [-0.15, -0.1) is 12.4 Å². The van der Waals surface area contributed by atoms with Gasteiger partial charge in [-0.05, 0) is 25.8 Å². The van der Waals surface area contributed by atoms with Crippen molar-refractivity contribution in [3.05, 3.63) is 29.8 Å². The molecule has 0 saturated carbocycles. The molecule has 0 aromatic heterocycles. The highest BCUT2D eigenvalue weighted by Crippen LogP contribution is 2.30. The molecule has 2 heterocycles. The molecule has 2 fully saturated rings. The molecule has 140 valence electrons. The molecule has 2 unspecified atom stereocenters. The van der Waals surface area contributed by atoms with Crippen LogP contribution in [-0.4, -0.2) is 61.6 Å². The zero-order chi connectivity index (χ0) is 16.9. The summed E-state index contributed by atoms with van der Waals surface area (Å²) < 4.78 is 5.54. The van der Waals surface area contributed by atoms with Crippen LogP contribution in [0.25, 0.3) is 0 Å². The second-order valence-electron chi connectivity index (χ2n) is 6.83. The number of hydrogen-bond acceptors (Lipinski definition) is 4. The van der Waals surface area contributed by atoms with E-state index in [2.05, 4.69) is 34.2 Å². The molecule has 2 aliphatic heterocycles. The first-order chi connectivity index (χ1) is 11.7. The quantitative estimate of drug-likeness (QED) is 0.868. The summed E-state index contributed by atoms with van der Waals surface area (Å²) in [5.41, 5.74) is 1.20. The van der Waals surface area contributed by atoms with E-state index in [0.717, 1.165) is 51.3 Å². The molecule has 2 aliphatic rings. The maximum atomic E-state index is 12.5. The Morgan fingerprint density at radius 3 is 2.84 bits per heavy atom. The summed E-state index contributed by atoms with van der Waals surface area (Å²) >= 11 is 0. The number of para-hydroxylation sites is 1. The summed E-state index contributed by atoms with van der Waals surface area (Å²) in [6.45, 7) is 6.73. The van der Waals surface area contributed by atoms with Crippen LogP contribution in [0.3, 0.4) is 0 Å². The highest BCUT2D eigenvalue weighted by Gasteiger charge is 2.29. The lowest BCUT2D eigenvalue weighted by Crippen LogP contribution is -2.47. The third-order valence-corrected chi connectivity index (χ3v) is 5.34. The Kier molecular flexibility index (Phi) is 7.54. The van der Waals surface area contributed by atoms with Crippen LogP contribution < -0.4 is 10.1 Å². The lowest BCUT2D eigenvalue weighted by molar-refractivity contribution is -0.132. The van der Waals surface area contributed by atoms with Crippen LogP contribution in [0.15, 0.2) is 24.3 Å². The third-order valence-electron chi connectivity index (χ3n) is 5.34. The van der Waals surface area contributed by atoms with E-state index >= 15 is 0 Å². The largest absolute Gasteiger partial charge is 0.496 e. The molecule has 1 N–H and O–H groups in total.